The predicted molar refractivity (Wildman–Crippen MR) is 125 cm³/mol. The molecule has 1 saturated heterocycles. The van der Waals surface area contributed by atoms with Crippen molar-refractivity contribution in [3.05, 3.63) is 66.2 Å². The van der Waals surface area contributed by atoms with Gasteiger partial charge in [-0.1, -0.05) is 17.3 Å². The molecule has 0 aliphatic carbocycles. The third kappa shape index (κ3) is 4.90. The Morgan fingerprint density at radius 2 is 1.94 bits per heavy atom. The van der Waals surface area contributed by atoms with Gasteiger partial charge >= 0.3 is 0 Å². The van der Waals surface area contributed by atoms with Gasteiger partial charge in [0.2, 0.25) is 0 Å². The fourth-order valence-electron chi connectivity index (χ4n) is 4.10. The number of hydrogen-bond donors (Lipinski definition) is 0. The van der Waals surface area contributed by atoms with Crippen LogP contribution in [0.3, 0.4) is 0 Å². The number of ether oxygens (including phenoxy) is 1. The molecule has 3 aromatic heterocycles. The Balaban J connectivity index is 1.31. The van der Waals surface area contributed by atoms with Gasteiger partial charge in [-0.05, 0) is 44.2 Å². The molecule has 4 heterocycles. The summed E-state index contributed by atoms with van der Waals surface area (Å²) < 4.78 is 7.80. The minimum Gasteiger partial charge on any atom is -0.490 e. The first kappa shape index (κ1) is 21.2. The van der Waals surface area contributed by atoms with Gasteiger partial charge in [0, 0.05) is 48.5 Å². The normalized spacial score (nSPS) is 15.1. The summed E-state index contributed by atoms with van der Waals surface area (Å²) in [5.41, 5.74) is 3.73. The van der Waals surface area contributed by atoms with Crippen LogP contribution in [0.1, 0.15) is 28.9 Å². The molecule has 0 amide bonds. The number of aryl methyl sites for hydroxylation is 1. The minimum atomic E-state index is 0.00807. The van der Waals surface area contributed by atoms with Crippen LogP contribution >= 0.6 is 0 Å². The maximum Gasteiger partial charge on any atom is 0.168 e. The Hall–Kier alpha value is -3.65. The second-order valence-corrected chi connectivity index (χ2v) is 8.62. The van der Waals surface area contributed by atoms with Gasteiger partial charge in [-0.3, -0.25) is 19.4 Å². The summed E-state index contributed by atoms with van der Waals surface area (Å²) in [7, 11) is 3.95. The van der Waals surface area contributed by atoms with Crippen LogP contribution in [0, 0.1) is 0 Å². The van der Waals surface area contributed by atoms with Crippen LogP contribution in [-0.2, 0) is 13.5 Å². The van der Waals surface area contributed by atoms with E-state index in [1.54, 1.807) is 17.1 Å². The van der Waals surface area contributed by atoms with Gasteiger partial charge in [0.15, 0.2) is 5.78 Å². The highest BCUT2D eigenvalue weighted by molar-refractivity contribution is 5.98. The number of rotatable bonds is 6. The van der Waals surface area contributed by atoms with Crippen LogP contribution in [-0.4, -0.2) is 61.9 Å². The van der Waals surface area contributed by atoms with Crippen LogP contribution in [0.15, 0.2) is 55.0 Å². The van der Waals surface area contributed by atoms with Crippen LogP contribution in [0.25, 0.3) is 22.2 Å². The van der Waals surface area contributed by atoms with E-state index in [1.165, 1.54) is 0 Å². The Bertz CT molecular complexity index is 1290. The smallest absolute Gasteiger partial charge is 0.168 e. The summed E-state index contributed by atoms with van der Waals surface area (Å²) in [5.74, 6) is 0.758. The van der Waals surface area contributed by atoms with E-state index in [4.69, 9.17) is 4.74 Å². The first-order valence-electron chi connectivity index (χ1n) is 11.1. The molecular weight excluding hydrogens is 416 g/mol. The van der Waals surface area contributed by atoms with Gasteiger partial charge < -0.3 is 9.64 Å². The largest absolute Gasteiger partial charge is 0.490 e. The Morgan fingerprint density at radius 1 is 1.09 bits per heavy atom. The molecule has 168 valence electrons. The molecule has 0 radical (unpaired) electrons. The van der Waals surface area contributed by atoms with Crippen molar-refractivity contribution in [2.24, 2.45) is 7.05 Å². The molecule has 0 spiro atoms. The van der Waals surface area contributed by atoms with E-state index >= 15 is 0 Å². The first-order chi connectivity index (χ1) is 16.0. The number of hydrogen-bond acceptors (Lipinski definition) is 7. The fourth-order valence-corrected chi connectivity index (χ4v) is 4.10. The van der Waals surface area contributed by atoms with Crippen LogP contribution in [0.4, 0.5) is 0 Å². The SMILES string of the molecule is CN1CCC(Oc2cccc(C(=O)Cc3cc4cc(-c5cn(C)nn5)cnc4cn3)c2)CC1. The lowest BCUT2D eigenvalue weighted by atomic mass is 10.0. The third-order valence-electron chi connectivity index (χ3n) is 5.99. The second kappa shape index (κ2) is 9.07. The molecule has 8 heteroatoms. The molecule has 1 fully saturated rings. The predicted octanol–water partition coefficient (Wildman–Crippen LogP) is 3.32. The van der Waals surface area contributed by atoms with Crippen molar-refractivity contribution >= 4 is 16.7 Å². The highest BCUT2D eigenvalue weighted by Crippen LogP contribution is 2.23. The molecule has 0 atom stereocenters. The van der Waals surface area contributed by atoms with E-state index in [0.717, 1.165) is 53.8 Å². The van der Waals surface area contributed by atoms with Crippen molar-refractivity contribution in [2.75, 3.05) is 20.1 Å². The van der Waals surface area contributed by atoms with Crippen molar-refractivity contribution in [1.29, 1.82) is 0 Å². The fraction of sp³-hybridized carbons (Fsp3) is 0.320. The molecule has 0 unspecified atom stereocenters. The molecule has 0 bridgehead atoms. The number of carbonyl (C=O) groups is 1. The van der Waals surface area contributed by atoms with Crippen molar-refractivity contribution in [1.82, 2.24) is 29.9 Å². The van der Waals surface area contributed by atoms with Gasteiger partial charge in [-0.25, -0.2) is 0 Å². The molecule has 4 aromatic rings. The molecule has 33 heavy (non-hydrogen) atoms. The Morgan fingerprint density at radius 3 is 2.73 bits per heavy atom. The van der Waals surface area contributed by atoms with E-state index < -0.39 is 0 Å². The Kier molecular flexibility index (Phi) is 5.83. The lowest BCUT2D eigenvalue weighted by Crippen LogP contribution is -2.35. The number of Topliss-reactive ketones (excluding diaryl/α,β-unsaturated/α-hetero) is 1. The number of nitrogens with zero attached hydrogens (tertiary/aromatic N) is 6. The average molecular weight is 443 g/mol. The number of fused-ring (bicyclic) bond motifs is 1. The molecule has 5 rings (SSSR count). The summed E-state index contributed by atoms with van der Waals surface area (Å²) in [5, 5.41) is 9.04. The number of carbonyl (C=O) groups excluding carboxylic acids is 1. The zero-order valence-electron chi connectivity index (χ0n) is 18.8. The van der Waals surface area contributed by atoms with E-state index in [2.05, 4.69) is 32.2 Å². The topological polar surface area (TPSA) is 86.0 Å². The van der Waals surface area contributed by atoms with Crippen molar-refractivity contribution < 1.29 is 9.53 Å². The molecule has 0 N–H and O–H groups in total. The average Bonchev–Trinajstić information content (AvgIpc) is 3.26. The van der Waals surface area contributed by atoms with Gasteiger partial charge in [0.25, 0.3) is 0 Å². The van der Waals surface area contributed by atoms with Crippen molar-refractivity contribution in [3.8, 4) is 17.0 Å². The molecular formula is C25H26N6O2. The standard InChI is InChI=1S/C25H26N6O2/c1-30-8-6-21(7-9-30)33-22-5-3-4-17(12-22)25(32)13-20-11-18-10-19(14-27-23(18)15-26-20)24-16-31(2)29-28-24/h3-5,10-12,14-16,21H,6-9,13H2,1-2H3. The quantitative estimate of drug-likeness (QED) is 0.423. The number of likely N-dealkylation sites (tertiary alicyclic amines) is 1. The van der Waals surface area contributed by atoms with Gasteiger partial charge in [-0.15, -0.1) is 5.10 Å². The highest BCUT2D eigenvalue weighted by Gasteiger charge is 2.18. The third-order valence-corrected chi connectivity index (χ3v) is 5.99. The van der Waals surface area contributed by atoms with Gasteiger partial charge in [-0.2, -0.15) is 0 Å². The number of benzene rings is 1. The highest BCUT2D eigenvalue weighted by atomic mass is 16.5. The number of pyridine rings is 2. The van der Waals surface area contributed by atoms with Gasteiger partial charge in [0.1, 0.15) is 17.5 Å². The zero-order chi connectivity index (χ0) is 22.8. The number of piperidine rings is 1. The zero-order valence-corrected chi connectivity index (χ0v) is 18.8. The maximum absolute atomic E-state index is 13.0. The monoisotopic (exact) mass is 442 g/mol. The lowest BCUT2D eigenvalue weighted by molar-refractivity contribution is 0.0988. The van der Waals surface area contributed by atoms with Crippen LogP contribution in [0.5, 0.6) is 5.75 Å². The number of ketones is 1. The van der Waals surface area contributed by atoms with E-state index in [1.807, 2.05) is 49.6 Å². The molecule has 1 aromatic carbocycles. The second-order valence-electron chi connectivity index (χ2n) is 8.62. The summed E-state index contributed by atoms with van der Waals surface area (Å²) >= 11 is 0. The first-order valence-corrected chi connectivity index (χ1v) is 11.1. The molecule has 0 saturated carbocycles. The Labute approximate surface area is 192 Å². The molecule has 1 aliphatic heterocycles. The minimum absolute atomic E-state index is 0.00807. The van der Waals surface area contributed by atoms with Gasteiger partial charge in [0.05, 0.1) is 24.3 Å². The van der Waals surface area contributed by atoms with E-state index in [9.17, 15) is 4.79 Å². The number of aromatic nitrogens is 5. The molecule has 8 nitrogen and oxygen atoms in total. The summed E-state index contributed by atoms with van der Waals surface area (Å²) in [6.45, 7) is 2.06. The van der Waals surface area contributed by atoms with Crippen LogP contribution in [0.2, 0.25) is 0 Å². The van der Waals surface area contributed by atoms with Crippen molar-refractivity contribution in [3.63, 3.8) is 0 Å². The lowest BCUT2D eigenvalue weighted by Gasteiger charge is -2.29. The summed E-state index contributed by atoms with van der Waals surface area (Å²) in [6.07, 6.45) is 7.72. The van der Waals surface area contributed by atoms with E-state index in [-0.39, 0.29) is 18.3 Å². The van der Waals surface area contributed by atoms with Crippen LogP contribution < -0.4 is 4.74 Å². The van der Waals surface area contributed by atoms with E-state index in [0.29, 0.717) is 11.3 Å². The molecule has 1 aliphatic rings. The summed E-state index contributed by atoms with van der Waals surface area (Å²) in [4.78, 5) is 24.2. The summed E-state index contributed by atoms with van der Waals surface area (Å²) in [6, 6.07) is 11.4. The van der Waals surface area contributed by atoms with Crippen molar-refractivity contribution in [2.45, 2.75) is 25.4 Å². The maximum atomic E-state index is 13.0.